The Labute approximate surface area is 127 Å². The molecule has 0 unspecified atom stereocenters. The Bertz CT molecular complexity index is 567. The summed E-state index contributed by atoms with van der Waals surface area (Å²) in [7, 11) is 0. The molecule has 7 nitrogen and oxygen atoms in total. The first-order valence-corrected chi connectivity index (χ1v) is 6.50. The third-order valence-corrected chi connectivity index (χ3v) is 2.31. The molecular formula is C13H16ClN3O4. The van der Waals surface area contributed by atoms with Gasteiger partial charge in [-0.15, -0.1) is 0 Å². The molecule has 0 bridgehead atoms. The standard InChI is InChI=1S/C13H16ClN3O4/c1-13(2,3)21-12(18)15-6-4-5-10-11(17(19)20)7-9(14)8-16-10/h4-5,7-8H,6H2,1-3H3,(H,15,18). The molecule has 0 radical (unpaired) electrons. The summed E-state index contributed by atoms with van der Waals surface area (Å²) in [6.45, 7) is 5.42. The zero-order chi connectivity index (χ0) is 16.0. The van der Waals surface area contributed by atoms with E-state index in [0.29, 0.717) is 0 Å². The number of ether oxygens (including phenoxy) is 1. The first kappa shape index (κ1) is 16.9. The van der Waals surface area contributed by atoms with Crippen LogP contribution in [-0.4, -0.2) is 28.1 Å². The van der Waals surface area contributed by atoms with Gasteiger partial charge in [-0.05, 0) is 26.8 Å². The molecule has 21 heavy (non-hydrogen) atoms. The van der Waals surface area contributed by atoms with E-state index in [2.05, 4.69) is 10.3 Å². The minimum Gasteiger partial charge on any atom is -0.444 e. The Hall–Kier alpha value is -2.15. The number of nitrogens with one attached hydrogen (secondary N) is 1. The molecule has 1 aromatic rings. The van der Waals surface area contributed by atoms with E-state index in [1.165, 1.54) is 24.4 Å². The zero-order valence-corrected chi connectivity index (χ0v) is 12.7. The van der Waals surface area contributed by atoms with Crippen LogP contribution in [0.5, 0.6) is 0 Å². The molecule has 0 aliphatic rings. The van der Waals surface area contributed by atoms with E-state index in [1.54, 1.807) is 20.8 Å². The Morgan fingerprint density at radius 3 is 2.81 bits per heavy atom. The Morgan fingerprint density at radius 2 is 2.24 bits per heavy atom. The molecule has 0 saturated heterocycles. The van der Waals surface area contributed by atoms with Crippen molar-refractivity contribution in [3.8, 4) is 0 Å². The van der Waals surface area contributed by atoms with Crippen LogP contribution in [0.15, 0.2) is 18.3 Å². The van der Waals surface area contributed by atoms with Crippen molar-refractivity contribution < 1.29 is 14.5 Å². The normalized spacial score (nSPS) is 11.4. The third kappa shape index (κ3) is 6.22. The Balaban J connectivity index is 2.62. The van der Waals surface area contributed by atoms with E-state index in [1.807, 2.05) is 0 Å². The number of alkyl carbamates (subject to hydrolysis) is 1. The fraction of sp³-hybridized carbons (Fsp3) is 0.385. The lowest BCUT2D eigenvalue weighted by atomic mass is 10.2. The van der Waals surface area contributed by atoms with Gasteiger partial charge in [-0.1, -0.05) is 17.7 Å². The molecule has 0 aromatic carbocycles. The van der Waals surface area contributed by atoms with Crippen molar-refractivity contribution in [1.29, 1.82) is 0 Å². The molecule has 0 fully saturated rings. The molecule has 1 heterocycles. The molecule has 8 heteroatoms. The van der Waals surface area contributed by atoms with Crippen molar-refractivity contribution in [3.63, 3.8) is 0 Å². The average molecular weight is 314 g/mol. The summed E-state index contributed by atoms with van der Waals surface area (Å²) in [4.78, 5) is 25.5. The van der Waals surface area contributed by atoms with Crippen LogP contribution in [0.2, 0.25) is 5.02 Å². The highest BCUT2D eigenvalue weighted by Crippen LogP contribution is 2.21. The fourth-order valence-electron chi connectivity index (χ4n) is 1.34. The molecule has 1 N–H and O–H groups in total. The van der Waals surface area contributed by atoms with Gasteiger partial charge in [0.2, 0.25) is 0 Å². The molecule has 1 aromatic heterocycles. The number of carbonyl (C=O) groups is 1. The van der Waals surface area contributed by atoms with Gasteiger partial charge in [-0.2, -0.15) is 0 Å². The summed E-state index contributed by atoms with van der Waals surface area (Å²) in [5.41, 5.74) is -0.615. The first-order valence-electron chi connectivity index (χ1n) is 6.12. The highest BCUT2D eigenvalue weighted by Gasteiger charge is 2.15. The highest BCUT2D eigenvalue weighted by atomic mass is 35.5. The van der Waals surface area contributed by atoms with E-state index in [9.17, 15) is 14.9 Å². The number of amides is 1. The molecular weight excluding hydrogens is 298 g/mol. The highest BCUT2D eigenvalue weighted by molar-refractivity contribution is 6.30. The quantitative estimate of drug-likeness (QED) is 0.680. The summed E-state index contributed by atoms with van der Waals surface area (Å²) in [6, 6.07) is 1.22. The number of aromatic nitrogens is 1. The second-order valence-corrected chi connectivity index (χ2v) is 5.54. The van der Waals surface area contributed by atoms with Crippen LogP contribution in [0.4, 0.5) is 10.5 Å². The van der Waals surface area contributed by atoms with Gasteiger partial charge >= 0.3 is 6.09 Å². The van der Waals surface area contributed by atoms with Crippen LogP contribution in [0.25, 0.3) is 6.08 Å². The summed E-state index contributed by atoms with van der Waals surface area (Å²) in [6.07, 6.45) is 3.72. The number of hydrogen-bond acceptors (Lipinski definition) is 5. The van der Waals surface area contributed by atoms with Gasteiger partial charge in [0, 0.05) is 18.8 Å². The second kappa shape index (κ2) is 7.03. The maximum atomic E-state index is 11.4. The van der Waals surface area contributed by atoms with Crippen LogP contribution in [-0.2, 0) is 4.74 Å². The minimum atomic E-state index is -0.579. The van der Waals surface area contributed by atoms with E-state index in [-0.39, 0.29) is 22.9 Å². The van der Waals surface area contributed by atoms with Gasteiger partial charge < -0.3 is 10.1 Å². The maximum Gasteiger partial charge on any atom is 0.407 e. The molecule has 1 amide bonds. The summed E-state index contributed by atoms with van der Waals surface area (Å²) >= 11 is 5.66. The van der Waals surface area contributed by atoms with Crippen molar-refractivity contribution in [1.82, 2.24) is 10.3 Å². The van der Waals surface area contributed by atoms with Gasteiger partial charge in [-0.3, -0.25) is 10.1 Å². The van der Waals surface area contributed by atoms with E-state index >= 15 is 0 Å². The molecule has 0 aliphatic carbocycles. The van der Waals surface area contributed by atoms with Gasteiger partial charge in [0.05, 0.1) is 9.95 Å². The number of pyridine rings is 1. The smallest absolute Gasteiger partial charge is 0.407 e. The monoisotopic (exact) mass is 313 g/mol. The molecule has 0 saturated carbocycles. The van der Waals surface area contributed by atoms with E-state index in [4.69, 9.17) is 16.3 Å². The van der Waals surface area contributed by atoms with Gasteiger partial charge in [0.15, 0.2) is 0 Å². The minimum absolute atomic E-state index is 0.162. The SMILES string of the molecule is CC(C)(C)OC(=O)NCC=Cc1ncc(Cl)cc1[N+](=O)[O-]. The topological polar surface area (TPSA) is 94.4 Å². The van der Waals surface area contributed by atoms with Crippen molar-refractivity contribution >= 4 is 29.5 Å². The maximum absolute atomic E-state index is 11.4. The number of rotatable bonds is 4. The van der Waals surface area contributed by atoms with Gasteiger partial charge in [0.25, 0.3) is 5.69 Å². The van der Waals surface area contributed by atoms with Crippen molar-refractivity contribution in [3.05, 3.63) is 39.2 Å². The number of halogens is 1. The molecule has 0 aliphatic heterocycles. The second-order valence-electron chi connectivity index (χ2n) is 5.10. The van der Waals surface area contributed by atoms with Crippen molar-refractivity contribution in [2.45, 2.75) is 26.4 Å². The Morgan fingerprint density at radius 1 is 1.57 bits per heavy atom. The number of nitrogens with zero attached hydrogens (tertiary/aromatic N) is 2. The Kier molecular flexibility index (Phi) is 5.66. The molecule has 1 rings (SSSR count). The van der Waals surface area contributed by atoms with E-state index < -0.39 is 16.6 Å². The predicted molar refractivity (Wildman–Crippen MR) is 79.2 cm³/mol. The molecule has 0 atom stereocenters. The lowest BCUT2D eigenvalue weighted by Gasteiger charge is -2.19. The third-order valence-electron chi connectivity index (χ3n) is 2.10. The molecule has 0 spiro atoms. The zero-order valence-electron chi connectivity index (χ0n) is 11.9. The van der Waals surface area contributed by atoms with Gasteiger partial charge in [0.1, 0.15) is 11.3 Å². The number of carbonyl (C=O) groups excluding carboxylic acids is 1. The summed E-state index contributed by atoms with van der Waals surface area (Å²) in [5, 5.41) is 13.5. The van der Waals surface area contributed by atoms with Crippen LogP contribution in [0.3, 0.4) is 0 Å². The van der Waals surface area contributed by atoms with Gasteiger partial charge in [-0.25, -0.2) is 9.78 Å². The van der Waals surface area contributed by atoms with Crippen LogP contribution in [0.1, 0.15) is 26.5 Å². The average Bonchev–Trinajstić information content (AvgIpc) is 2.33. The van der Waals surface area contributed by atoms with Crippen LogP contribution < -0.4 is 5.32 Å². The summed E-state index contributed by atoms with van der Waals surface area (Å²) < 4.78 is 5.04. The lowest BCUT2D eigenvalue weighted by molar-refractivity contribution is -0.385. The van der Waals surface area contributed by atoms with Crippen LogP contribution in [0, 0.1) is 10.1 Å². The number of hydrogen-bond donors (Lipinski definition) is 1. The predicted octanol–water partition coefficient (Wildman–Crippen LogP) is 3.18. The fourth-order valence-corrected chi connectivity index (χ4v) is 1.49. The molecule has 114 valence electrons. The largest absolute Gasteiger partial charge is 0.444 e. The first-order chi connectivity index (χ1) is 9.69. The lowest BCUT2D eigenvalue weighted by Crippen LogP contribution is -2.32. The van der Waals surface area contributed by atoms with Crippen molar-refractivity contribution in [2.75, 3.05) is 6.54 Å². The van der Waals surface area contributed by atoms with Crippen molar-refractivity contribution in [2.24, 2.45) is 0 Å². The number of nitro groups is 1. The van der Waals surface area contributed by atoms with E-state index in [0.717, 1.165) is 0 Å². The summed E-state index contributed by atoms with van der Waals surface area (Å²) in [5.74, 6) is 0. The van der Waals surface area contributed by atoms with Crippen LogP contribution >= 0.6 is 11.6 Å².